The Bertz CT molecular complexity index is 506. The molecule has 0 atom stereocenters. The molecule has 3 rings (SSSR count). The van der Waals surface area contributed by atoms with Crippen LogP contribution in [-0.2, 0) is 5.54 Å². The minimum absolute atomic E-state index is 0.207. The molecule has 2 aliphatic rings. The van der Waals surface area contributed by atoms with Crippen molar-refractivity contribution in [1.29, 1.82) is 0 Å². The molecule has 2 fully saturated rings. The second kappa shape index (κ2) is 6.17. The van der Waals surface area contributed by atoms with Crippen molar-refractivity contribution in [2.75, 3.05) is 7.11 Å². The second-order valence-corrected chi connectivity index (χ2v) is 7.23. The molecule has 0 unspecified atom stereocenters. The zero-order chi connectivity index (χ0) is 14.9. The van der Waals surface area contributed by atoms with Crippen LogP contribution in [0.15, 0.2) is 16.6 Å². The third kappa shape index (κ3) is 3.07. The summed E-state index contributed by atoms with van der Waals surface area (Å²) in [6.45, 7) is 0. The Balaban J connectivity index is 1.90. The molecule has 0 aromatic heterocycles. The van der Waals surface area contributed by atoms with Crippen molar-refractivity contribution < 1.29 is 9.47 Å². The highest BCUT2D eigenvalue weighted by molar-refractivity contribution is 9.10. The van der Waals surface area contributed by atoms with Gasteiger partial charge in [-0.3, -0.25) is 0 Å². The van der Waals surface area contributed by atoms with Crippen LogP contribution in [0.4, 0.5) is 0 Å². The van der Waals surface area contributed by atoms with Crippen molar-refractivity contribution in [2.45, 2.75) is 63.0 Å². The van der Waals surface area contributed by atoms with Crippen LogP contribution in [0, 0.1) is 0 Å². The van der Waals surface area contributed by atoms with Crippen molar-refractivity contribution in [1.82, 2.24) is 0 Å². The Labute approximate surface area is 135 Å². The number of hydrogen-bond acceptors (Lipinski definition) is 3. The predicted octanol–water partition coefficient (Wildman–Crippen LogP) is 4.51. The first kappa shape index (κ1) is 15.2. The van der Waals surface area contributed by atoms with E-state index >= 15 is 0 Å². The largest absolute Gasteiger partial charge is 0.493 e. The molecule has 0 saturated heterocycles. The first-order valence-electron chi connectivity index (χ1n) is 7.96. The Morgan fingerprint density at radius 2 is 1.81 bits per heavy atom. The summed E-state index contributed by atoms with van der Waals surface area (Å²) in [5, 5.41) is 0. The fourth-order valence-electron chi connectivity index (χ4n) is 3.59. The molecule has 116 valence electrons. The molecule has 1 aromatic rings. The lowest BCUT2D eigenvalue weighted by Gasteiger charge is -2.26. The van der Waals surface area contributed by atoms with Crippen molar-refractivity contribution in [3.63, 3.8) is 0 Å². The van der Waals surface area contributed by atoms with Crippen LogP contribution in [-0.4, -0.2) is 13.2 Å². The molecule has 0 spiro atoms. The molecule has 0 heterocycles. The van der Waals surface area contributed by atoms with E-state index in [1.54, 1.807) is 7.11 Å². The highest BCUT2D eigenvalue weighted by Gasteiger charge is 2.33. The van der Waals surface area contributed by atoms with E-state index in [0.29, 0.717) is 6.10 Å². The van der Waals surface area contributed by atoms with Gasteiger partial charge in [-0.05, 0) is 72.2 Å². The molecule has 4 heteroatoms. The van der Waals surface area contributed by atoms with E-state index in [0.717, 1.165) is 47.2 Å². The third-order valence-electron chi connectivity index (χ3n) is 4.89. The summed E-state index contributed by atoms with van der Waals surface area (Å²) in [5.41, 5.74) is 7.52. The Morgan fingerprint density at radius 1 is 1.14 bits per heavy atom. The lowest BCUT2D eigenvalue weighted by Crippen LogP contribution is -2.33. The van der Waals surface area contributed by atoms with Gasteiger partial charge in [-0.15, -0.1) is 0 Å². The predicted molar refractivity (Wildman–Crippen MR) is 87.9 cm³/mol. The number of nitrogens with two attached hydrogens (primary N) is 1. The quantitative estimate of drug-likeness (QED) is 0.865. The summed E-state index contributed by atoms with van der Waals surface area (Å²) in [4.78, 5) is 0. The van der Waals surface area contributed by atoms with Gasteiger partial charge in [0.05, 0.1) is 17.7 Å². The van der Waals surface area contributed by atoms with Gasteiger partial charge in [0.25, 0.3) is 0 Å². The van der Waals surface area contributed by atoms with E-state index in [4.69, 9.17) is 15.2 Å². The fourth-order valence-corrected chi connectivity index (χ4v) is 4.12. The summed E-state index contributed by atoms with van der Waals surface area (Å²) in [7, 11) is 1.70. The molecular formula is C17H24BrNO2. The van der Waals surface area contributed by atoms with E-state index in [2.05, 4.69) is 28.1 Å². The smallest absolute Gasteiger partial charge is 0.175 e. The first-order valence-corrected chi connectivity index (χ1v) is 8.75. The maximum atomic E-state index is 6.57. The van der Waals surface area contributed by atoms with Crippen molar-refractivity contribution in [3.05, 3.63) is 22.2 Å². The number of hydrogen-bond donors (Lipinski definition) is 1. The van der Waals surface area contributed by atoms with Gasteiger partial charge >= 0.3 is 0 Å². The van der Waals surface area contributed by atoms with E-state index < -0.39 is 0 Å². The second-order valence-electron chi connectivity index (χ2n) is 6.38. The average Bonchev–Trinajstić information content (AvgIpc) is 3.13. The Kier molecular flexibility index (Phi) is 4.46. The van der Waals surface area contributed by atoms with Crippen LogP contribution in [0.3, 0.4) is 0 Å². The lowest BCUT2D eigenvalue weighted by molar-refractivity contribution is 0.199. The van der Waals surface area contributed by atoms with Crippen LogP contribution in [0.2, 0.25) is 0 Å². The van der Waals surface area contributed by atoms with Gasteiger partial charge in [0.2, 0.25) is 0 Å². The minimum atomic E-state index is -0.207. The normalized spacial score (nSPS) is 21.7. The summed E-state index contributed by atoms with van der Waals surface area (Å²) in [6.07, 6.45) is 9.61. The monoisotopic (exact) mass is 353 g/mol. The molecule has 2 aliphatic carbocycles. The lowest BCUT2D eigenvalue weighted by atomic mass is 9.89. The van der Waals surface area contributed by atoms with Gasteiger partial charge in [-0.1, -0.05) is 12.8 Å². The van der Waals surface area contributed by atoms with E-state index in [9.17, 15) is 0 Å². The van der Waals surface area contributed by atoms with E-state index in [1.807, 2.05) is 0 Å². The van der Waals surface area contributed by atoms with Gasteiger partial charge < -0.3 is 15.2 Å². The topological polar surface area (TPSA) is 44.5 Å². The molecule has 0 radical (unpaired) electrons. The van der Waals surface area contributed by atoms with Gasteiger partial charge in [0.1, 0.15) is 0 Å². The number of methoxy groups -OCH3 is 1. The summed E-state index contributed by atoms with van der Waals surface area (Å²) >= 11 is 3.66. The zero-order valence-electron chi connectivity index (χ0n) is 12.7. The number of halogens is 1. The van der Waals surface area contributed by atoms with Gasteiger partial charge in [0, 0.05) is 5.54 Å². The number of benzene rings is 1. The van der Waals surface area contributed by atoms with Crippen LogP contribution < -0.4 is 15.2 Å². The van der Waals surface area contributed by atoms with E-state index in [-0.39, 0.29) is 5.54 Å². The Hall–Kier alpha value is -0.740. The van der Waals surface area contributed by atoms with E-state index in [1.165, 1.54) is 25.7 Å². The molecule has 0 amide bonds. The average molecular weight is 354 g/mol. The first-order chi connectivity index (χ1) is 10.1. The van der Waals surface area contributed by atoms with Crippen LogP contribution in [0.1, 0.15) is 56.9 Å². The Morgan fingerprint density at radius 3 is 2.43 bits per heavy atom. The SMILES string of the molecule is COc1cc(C2(N)CCCC2)cc(Br)c1OC1CCCC1. The summed E-state index contributed by atoms with van der Waals surface area (Å²) in [6, 6.07) is 4.19. The van der Waals surface area contributed by atoms with Gasteiger partial charge in [-0.2, -0.15) is 0 Å². The summed E-state index contributed by atoms with van der Waals surface area (Å²) < 4.78 is 12.7. The highest BCUT2D eigenvalue weighted by atomic mass is 79.9. The van der Waals surface area contributed by atoms with Crippen LogP contribution >= 0.6 is 15.9 Å². The molecular weight excluding hydrogens is 330 g/mol. The molecule has 3 nitrogen and oxygen atoms in total. The minimum Gasteiger partial charge on any atom is -0.493 e. The molecule has 0 aliphatic heterocycles. The molecule has 2 N–H and O–H groups in total. The van der Waals surface area contributed by atoms with Gasteiger partial charge in [-0.25, -0.2) is 0 Å². The standard InChI is InChI=1S/C17H24BrNO2/c1-20-15-11-12(17(19)8-4-5-9-17)10-14(18)16(15)21-13-6-2-3-7-13/h10-11,13H,2-9,19H2,1H3. The maximum Gasteiger partial charge on any atom is 0.175 e. The number of ether oxygens (including phenoxy) is 2. The van der Waals surface area contributed by atoms with Crippen molar-refractivity contribution in [3.8, 4) is 11.5 Å². The van der Waals surface area contributed by atoms with Crippen molar-refractivity contribution >= 4 is 15.9 Å². The number of rotatable bonds is 4. The molecule has 2 saturated carbocycles. The van der Waals surface area contributed by atoms with Gasteiger partial charge in [0.15, 0.2) is 11.5 Å². The fraction of sp³-hybridized carbons (Fsp3) is 0.647. The molecule has 21 heavy (non-hydrogen) atoms. The summed E-state index contributed by atoms with van der Waals surface area (Å²) in [5.74, 6) is 1.62. The van der Waals surface area contributed by atoms with Crippen LogP contribution in [0.5, 0.6) is 11.5 Å². The van der Waals surface area contributed by atoms with Crippen molar-refractivity contribution in [2.24, 2.45) is 5.73 Å². The molecule has 0 bridgehead atoms. The zero-order valence-corrected chi connectivity index (χ0v) is 14.2. The maximum absolute atomic E-state index is 6.57. The van der Waals surface area contributed by atoms with Crippen LogP contribution in [0.25, 0.3) is 0 Å². The molecule has 1 aromatic carbocycles. The third-order valence-corrected chi connectivity index (χ3v) is 5.48. The highest BCUT2D eigenvalue weighted by Crippen LogP contribution is 2.44.